The van der Waals surface area contributed by atoms with Crippen LogP contribution < -0.4 is 11.3 Å². The van der Waals surface area contributed by atoms with Gasteiger partial charge >= 0.3 is 5.91 Å². The highest BCUT2D eigenvalue weighted by atomic mass is 16.5. The highest BCUT2D eigenvalue weighted by Gasteiger charge is 2.27. The highest BCUT2D eigenvalue weighted by molar-refractivity contribution is 5.98. The van der Waals surface area contributed by atoms with Crippen molar-refractivity contribution in [2.24, 2.45) is 5.84 Å². The predicted molar refractivity (Wildman–Crippen MR) is 56.7 cm³/mol. The van der Waals surface area contributed by atoms with Crippen molar-refractivity contribution < 1.29 is 23.5 Å². The molecule has 18 heavy (non-hydrogen) atoms. The fraction of sp³-hybridized carbons (Fsp3) is 0.300. The number of carbonyl (C=O) groups excluding carboxylic acids is 3. The molecule has 1 aliphatic heterocycles. The molecular formula is C10H11N3O5. The second-order valence-electron chi connectivity index (χ2n) is 3.61. The van der Waals surface area contributed by atoms with Crippen LogP contribution >= 0.6 is 0 Å². The molecule has 1 aliphatic rings. The molecule has 0 unspecified atom stereocenters. The third-order valence-electron chi connectivity index (χ3n) is 2.38. The number of nitrogens with one attached hydrogen (secondary N) is 1. The van der Waals surface area contributed by atoms with Crippen molar-refractivity contribution in [3.05, 3.63) is 23.7 Å². The largest absolute Gasteiger partial charge is 0.454 e. The molecule has 8 heteroatoms. The molecule has 8 nitrogen and oxygen atoms in total. The average Bonchev–Trinajstić information content (AvgIpc) is 2.81. The molecule has 2 rings (SSSR count). The molecule has 2 heterocycles. The normalized spacial score (nSPS) is 15.9. The number of hydrogen-bond donors (Lipinski definition) is 2. The summed E-state index contributed by atoms with van der Waals surface area (Å²) in [6.07, 6.45) is 0. The van der Waals surface area contributed by atoms with E-state index in [1.165, 1.54) is 12.1 Å². The maximum atomic E-state index is 11.4. The van der Waals surface area contributed by atoms with Gasteiger partial charge < -0.3 is 9.15 Å². The quantitative estimate of drug-likeness (QED) is 0.301. The summed E-state index contributed by atoms with van der Waals surface area (Å²) in [5.41, 5.74) is 1.92. The summed E-state index contributed by atoms with van der Waals surface area (Å²) >= 11 is 0. The third-order valence-corrected chi connectivity index (χ3v) is 2.38. The van der Waals surface area contributed by atoms with Gasteiger partial charge in [0, 0.05) is 0 Å². The molecule has 3 amide bonds. The van der Waals surface area contributed by atoms with Crippen molar-refractivity contribution in [3.63, 3.8) is 0 Å². The van der Waals surface area contributed by atoms with Gasteiger partial charge in [0.2, 0.25) is 0 Å². The number of nitrogen functional groups attached to an aromatic ring is 1. The molecule has 1 aromatic rings. The zero-order chi connectivity index (χ0) is 13.1. The van der Waals surface area contributed by atoms with Crippen LogP contribution in [0.15, 0.2) is 16.5 Å². The number of imide groups is 1. The first-order valence-electron chi connectivity index (χ1n) is 5.12. The van der Waals surface area contributed by atoms with Crippen LogP contribution in [0.25, 0.3) is 0 Å². The van der Waals surface area contributed by atoms with E-state index in [-0.39, 0.29) is 25.5 Å². The Morgan fingerprint density at radius 1 is 1.33 bits per heavy atom. The summed E-state index contributed by atoms with van der Waals surface area (Å²) in [6, 6.07) is 2.91. The predicted octanol–water partition coefficient (Wildman–Crippen LogP) is -1.23. The molecule has 0 radical (unpaired) electrons. The van der Waals surface area contributed by atoms with Gasteiger partial charge in [-0.3, -0.25) is 24.7 Å². The Hall–Kier alpha value is -2.19. The summed E-state index contributed by atoms with van der Waals surface area (Å²) < 4.78 is 9.93. The number of hydrazine groups is 1. The van der Waals surface area contributed by atoms with Crippen LogP contribution in [-0.2, 0) is 20.9 Å². The Morgan fingerprint density at radius 2 is 2.00 bits per heavy atom. The Kier molecular flexibility index (Phi) is 3.40. The van der Waals surface area contributed by atoms with E-state index in [1.807, 2.05) is 5.43 Å². The lowest BCUT2D eigenvalue weighted by Crippen LogP contribution is -2.45. The van der Waals surface area contributed by atoms with Crippen LogP contribution in [0.3, 0.4) is 0 Å². The highest BCUT2D eigenvalue weighted by Crippen LogP contribution is 2.12. The van der Waals surface area contributed by atoms with E-state index in [0.717, 1.165) is 4.90 Å². The minimum atomic E-state index is -0.583. The molecular weight excluding hydrogens is 242 g/mol. The summed E-state index contributed by atoms with van der Waals surface area (Å²) in [6.45, 7) is -0.302. The van der Waals surface area contributed by atoms with Crippen molar-refractivity contribution in [3.8, 4) is 0 Å². The fourth-order valence-corrected chi connectivity index (χ4v) is 1.51. The van der Waals surface area contributed by atoms with Gasteiger partial charge in [-0.05, 0) is 12.1 Å². The molecule has 0 bridgehead atoms. The number of nitrogens with two attached hydrogens (primary N) is 1. The van der Waals surface area contributed by atoms with E-state index < -0.39 is 17.7 Å². The van der Waals surface area contributed by atoms with Crippen molar-refractivity contribution in [2.75, 3.05) is 13.2 Å². The van der Waals surface area contributed by atoms with Crippen molar-refractivity contribution in [1.29, 1.82) is 0 Å². The Morgan fingerprint density at radius 3 is 2.61 bits per heavy atom. The van der Waals surface area contributed by atoms with E-state index in [4.69, 9.17) is 15.0 Å². The molecule has 3 N–H and O–H groups in total. The van der Waals surface area contributed by atoms with Crippen LogP contribution in [0.4, 0.5) is 0 Å². The number of furan rings is 1. The smallest absolute Gasteiger partial charge is 0.300 e. The van der Waals surface area contributed by atoms with Crippen LogP contribution in [0.2, 0.25) is 0 Å². The van der Waals surface area contributed by atoms with Crippen molar-refractivity contribution >= 4 is 17.7 Å². The zero-order valence-corrected chi connectivity index (χ0v) is 9.34. The number of rotatable bonds is 3. The van der Waals surface area contributed by atoms with E-state index in [1.54, 1.807) is 0 Å². The monoisotopic (exact) mass is 253 g/mol. The lowest BCUT2D eigenvalue weighted by atomic mass is 10.3. The number of ether oxygens (including phenoxy) is 1. The standard InChI is InChI=1S/C10H11N3O5/c11-12-10(16)7-2-1-6(18-7)3-13-8(14)4-17-5-9(13)15/h1-2H,3-5,11H2,(H,12,16). The lowest BCUT2D eigenvalue weighted by Gasteiger charge is -2.23. The van der Waals surface area contributed by atoms with E-state index in [9.17, 15) is 14.4 Å². The molecule has 0 aromatic carbocycles. The number of amides is 3. The van der Waals surface area contributed by atoms with Gasteiger partial charge in [-0.25, -0.2) is 5.84 Å². The van der Waals surface area contributed by atoms with Crippen molar-refractivity contribution in [1.82, 2.24) is 10.3 Å². The van der Waals surface area contributed by atoms with E-state index in [2.05, 4.69) is 0 Å². The van der Waals surface area contributed by atoms with Gasteiger partial charge in [0.15, 0.2) is 5.76 Å². The number of hydrogen-bond acceptors (Lipinski definition) is 6. The molecule has 1 aromatic heterocycles. The fourth-order valence-electron chi connectivity index (χ4n) is 1.51. The van der Waals surface area contributed by atoms with Crippen LogP contribution in [0.1, 0.15) is 16.3 Å². The Bertz CT molecular complexity index is 479. The maximum Gasteiger partial charge on any atom is 0.300 e. The minimum absolute atomic E-state index is 0.0145. The average molecular weight is 253 g/mol. The second-order valence-corrected chi connectivity index (χ2v) is 3.61. The number of nitrogens with zero attached hydrogens (tertiary/aromatic N) is 1. The van der Waals surface area contributed by atoms with E-state index in [0.29, 0.717) is 5.76 Å². The van der Waals surface area contributed by atoms with Gasteiger partial charge in [0.1, 0.15) is 19.0 Å². The molecule has 1 fully saturated rings. The molecule has 0 spiro atoms. The van der Waals surface area contributed by atoms with Crippen LogP contribution in [0.5, 0.6) is 0 Å². The SMILES string of the molecule is NNC(=O)c1ccc(CN2C(=O)COCC2=O)o1. The first-order chi connectivity index (χ1) is 8.61. The molecule has 0 saturated carbocycles. The first-order valence-corrected chi connectivity index (χ1v) is 5.12. The first kappa shape index (κ1) is 12.3. The summed E-state index contributed by atoms with van der Waals surface area (Å²) in [4.78, 5) is 35.1. The van der Waals surface area contributed by atoms with Gasteiger partial charge in [0.05, 0.1) is 6.54 Å². The summed E-state index contributed by atoms with van der Waals surface area (Å²) in [7, 11) is 0. The van der Waals surface area contributed by atoms with Crippen LogP contribution in [-0.4, -0.2) is 35.8 Å². The van der Waals surface area contributed by atoms with Crippen LogP contribution in [0, 0.1) is 0 Å². The Labute approximate surface area is 102 Å². The van der Waals surface area contributed by atoms with E-state index >= 15 is 0 Å². The topological polar surface area (TPSA) is 115 Å². The molecule has 0 atom stereocenters. The number of morpholine rings is 1. The second kappa shape index (κ2) is 4.98. The maximum absolute atomic E-state index is 11.4. The molecule has 96 valence electrons. The zero-order valence-electron chi connectivity index (χ0n) is 9.34. The number of carbonyl (C=O) groups is 3. The van der Waals surface area contributed by atoms with Gasteiger partial charge in [-0.15, -0.1) is 0 Å². The third kappa shape index (κ3) is 2.39. The summed E-state index contributed by atoms with van der Waals surface area (Å²) in [5, 5.41) is 0. The van der Waals surface area contributed by atoms with Gasteiger partial charge in [0.25, 0.3) is 11.8 Å². The molecule has 0 aliphatic carbocycles. The van der Waals surface area contributed by atoms with Gasteiger partial charge in [-0.1, -0.05) is 0 Å². The van der Waals surface area contributed by atoms with Gasteiger partial charge in [-0.2, -0.15) is 0 Å². The lowest BCUT2D eigenvalue weighted by molar-refractivity contribution is -0.159. The Balaban J connectivity index is 2.09. The summed E-state index contributed by atoms with van der Waals surface area (Å²) in [5.74, 6) is 3.82. The minimum Gasteiger partial charge on any atom is -0.454 e. The van der Waals surface area contributed by atoms with Crippen molar-refractivity contribution in [2.45, 2.75) is 6.54 Å². The molecule has 1 saturated heterocycles.